The van der Waals surface area contributed by atoms with Gasteiger partial charge in [0, 0.05) is 6.92 Å². The molecule has 0 aromatic heterocycles. The molecule has 6 nitrogen and oxygen atoms in total. The van der Waals surface area contributed by atoms with Gasteiger partial charge in [0.1, 0.15) is 12.7 Å². The summed E-state index contributed by atoms with van der Waals surface area (Å²) in [6.07, 6.45) is 0.729. The first-order valence-corrected chi connectivity index (χ1v) is 8.08. The fourth-order valence-corrected chi connectivity index (χ4v) is 2.51. The van der Waals surface area contributed by atoms with Crippen LogP contribution in [0.1, 0.15) is 12.5 Å². The molecule has 0 fully saturated rings. The Morgan fingerprint density at radius 2 is 1.91 bits per heavy atom. The van der Waals surface area contributed by atoms with Gasteiger partial charge in [0.25, 0.3) is 10.1 Å². The Balaban J connectivity index is 2.66. The molecule has 0 bridgehead atoms. The fourth-order valence-electron chi connectivity index (χ4n) is 1.57. The predicted octanol–water partition coefficient (Wildman–Crippen LogP) is 1.83. The van der Waals surface area contributed by atoms with Crippen molar-refractivity contribution in [3.05, 3.63) is 42.5 Å². The molecule has 1 rings (SSSR count). The van der Waals surface area contributed by atoms with Crippen LogP contribution in [0.5, 0.6) is 0 Å². The van der Waals surface area contributed by atoms with Gasteiger partial charge in [-0.25, -0.2) is 0 Å². The minimum atomic E-state index is -3.91. The molecule has 0 saturated carbocycles. The Bertz CT molecular complexity index is 591. The molecule has 1 atom stereocenters. The highest BCUT2D eigenvalue weighted by Gasteiger charge is 2.20. The van der Waals surface area contributed by atoms with E-state index in [0.29, 0.717) is 0 Å². The van der Waals surface area contributed by atoms with E-state index in [-0.39, 0.29) is 24.7 Å². The van der Waals surface area contributed by atoms with Gasteiger partial charge in [0.2, 0.25) is 0 Å². The molecule has 7 heteroatoms. The number of rotatable bonds is 9. The third-order valence-corrected chi connectivity index (χ3v) is 3.89. The Morgan fingerprint density at radius 3 is 2.45 bits per heavy atom. The molecule has 0 heterocycles. The molecule has 1 unspecified atom stereocenters. The molecule has 0 aliphatic heterocycles. The van der Waals surface area contributed by atoms with Crippen LogP contribution >= 0.6 is 0 Å². The molecule has 0 radical (unpaired) electrons. The topological polar surface area (TPSA) is 78.9 Å². The summed E-state index contributed by atoms with van der Waals surface area (Å²) in [6, 6.07) is 6.26. The summed E-state index contributed by atoms with van der Waals surface area (Å²) >= 11 is 0. The number of ether oxygens (including phenoxy) is 2. The van der Waals surface area contributed by atoms with Crippen molar-refractivity contribution < 1.29 is 26.9 Å². The van der Waals surface area contributed by atoms with E-state index in [1.54, 1.807) is 12.1 Å². The minimum absolute atomic E-state index is 0.0228. The van der Waals surface area contributed by atoms with Crippen molar-refractivity contribution in [3.8, 4) is 0 Å². The van der Waals surface area contributed by atoms with E-state index in [2.05, 4.69) is 6.58 Å². The molecule has 1 aromatic rings. The average molecular weight is 328 g/mol. The van der Waals surface area contributed by atoms with Gasteiger partial charge in [-0.05, 0) is 19.1 Å². The fraction of sp³-hybridized carbons (Fsp3) is 0.400. The van der Waals surface area contributed by atoms with Crippen molar-refractivity contribution in [1.29, 1.82) is 0 Å². The standard InChI is InChI=1S/C15H20O6S/c1-4-9-19-10-14(21-13(3)16)11-20-22(17,18)15-7-5-12(2)6-8-15/h4-8,14H,1,9-11H2,2-3H3. The lowest BCUT2D eigenvalue weighted by atomic mass is 10.2. The molecule has 0 saturated heterocycles. The summed E-state index contributed by atoms with van der Waals surface area (Å²) in [6.45, 7) is 6.55. The maximum Gasteiger partial charge on any atom is 0.303 e. The number of carbonyl (C=O) groups is 1. The lowest BCUT2D eigenvalue weighted by molar-refractivity contribution is -0.151. The number of aryl methyl sites for hydroxylation is 1. The van der Waals surface area contributed by atoms with Crippen LogP contribution in [0, 0.1) is 6.92 Å². The Labute approximate surface area is 130 Å². The quantitative estimate of drug-likeness (QED) is 0.298. The Kier molecular flexibility index (Phi) is 7.23. The van der Waals surface area contributed by atoms with Crippen molar-refractivity contribution in [2.75, 3.05) is 19.8 Å². The maximum atomic E-state index is 12.0. The van der Waals surface area contributed by atoms with Crippen molar-refractivity contribution in [1.82, 2.24) is 0 Å². The Hall–Kier alpha value is -1.70. The van der Waals surface area contributed by atoms with Crippen LogP contribution in [0.25, 0.3) is 0 Å². The van der Waals surface area contributed by atoms with Gasteiger partial charge in [-0.3, -0.25) is 8.98 Å². The van der Waals surface area contributed by atoms with Crippen molar-refractivity contribution in [2.45, 2.75) is 24.8 Å². The minimum Gasteiger partial charge on any atom is -0.458 e. The molecule has 1 aromatic carbocycles. The second kappa shape index (κ2) is 8.67. The van der Waals surface area contributed by atoms with Gasteiger partial charge >= 0.3 is 5.97 Å². The summed E-state index contributed by atoms with van der Waals surface area (Å²) in [4.78, 5) is 11.1. The van der Waals surface area contributed by atoms with E-state index in [4.69, 9.17) is 13.7 Å². The van der Waals surface area contributed by atoms with E-state index >= 15 is 0 Å². The molecular weight excluding hydrogens is 308 g/mol. The van der Waals surface area contributed by atoms with Gasteiger partial charge in [0.15, 0.2) is 0 Å². The van der Waals surface area contributed by atoms with Crippen LogP contribution in [0.3, 0.4) is 0 Å². The highest BCUT2D eigenvalue weighted by atomic mass is 32.2. The lowest BCUT2D eigenvalue weighted by Gasteiger charge is -2.16. The zero-order valence-corrected chi connectivity index (χ0v) is 13.5. The molecule has 0 N–H and O–H groups in total. The summed E-state index contributed by atoms with van der Waals surface area (Å²) in [5, 5.41) is 0. The second-order valence-electron chi connectivity index (χ2n) is 4.61. The number of hydrogen-bond acceptors (Lipinski definition) is 6. The van der Waals surface area contributed by atoms with Gasteiger partial charge in [-0.1, -0.05) is 23.8 Å². The van der Waals surface area contributed by atoms with Crippen LogP contribution in [0.4, 0.5) is 0 Å². The van der Waals surface area contributed by atoms with Gasteiger partial charge in [-0.15, -0.1) is 6.58 Å². The molecule has 0 aliphatic carbocycles. The monoisotopic (exact) mass is 328 g/mol. The van der Waals surface area contributed by atoms with E-state index in [9.17, 15) is 13.2 Å². The average Bonchev–Trinajstić information content (AvgIpc) is 2.45. The maximum absolute atomic E-state index is 12.0. The Morgan fingerprint density at radius 1 is 1.27 bits per heavy atom. The summed E-state index contributed by atoms with van der Waals surface area (Å²) in [7, 11) is -3.91. The van der Waals surface area contributed by atoms with Crippen LogP contribution in [0.2, 0.25) is 0 Å². The first-order valence-electron chi connectivity index (χ1n) is 6.67. The van der Waals surface area contributed by atoms with Crippen LogP contribution < -0.4 is 0 Å². The highest BCUT2D eigenvalue weighted by Crippen LogP contribution is 2.14. The van der Waals surface area contributed by atoms with Gasteiger partial charge in [-0.2, -0.15) is 8.42 Å². The normalized spacial score (nSPS) is 12.6. The van der Waals surface area contributed by atoms with Crippen LogP contribution in [0.15, 0.2) is 41.8 Å². The third kappa shape index (κ3) is 6.38. The first kappa shape index (κ1) is 18.3. The largest absolute Gasteiger partial charge is 0.458 e. The number of hydrogen-bond donors (Lipinski definition) is 0. The first-order chi connectivity index (χ1) is 10.3. The molecule has 0 amide bonds. The van der Waals surface area contributed by atoms with Crippen LogP contribution in [-0.4, -0.2) is 40.3 Å². The number of carbonyl (C=O) groups excluding carboxylic acids is 1. The van der Waals surface area contributed by atoms with E-state index in [0.717, 1.165) is 5.56 Å². The summed E-state index contributed by atoms with van der Waals surface area (Å²) in [5.41, 5.74) is 0.939. The van der Waals surface area contributed by atoms with Crippen molar-refractivity contribution in [3.63, 3.8) is 0 Å². The summed E-state index contributed by atoms with van der Waals surface area (Å²) < 4.78 is 39.1. The van der Waals surface area contributed by atoms with Crippen molar-refractivity contribution >= 4 is 16.1 Å². The lowest BCUT2D eigenvalue weighted by Crippen LogP contribution is -2.29. The zero-order chi connectivity index (χ0) is 16.6. The van der Waals surface area contributed by atoms with Gasteiger partial charge < -0.3 is 9.47 Å². The molecular formula is C15H20O6S. The van der Waals surface area contributed by atoms with Crippen molar-refractivity contribution in [2.24, 2.45) is 0 Å². The highest BCUT2D eigenvalue weighted by molar-refractivity contribution is 7.86. The van der Waals surface area contributed by atoms with E-state index < -0.39 is 22.2 Å². The molecule has 22 heavy (non-hydrogen) atoms. The smallest absolute Gasteiger partial charge is 0.303 e. The zero-order valence-electron chi connectivity index (χ0n) is 12.7. The molecule has 0 aliphatic rings. The SMILES string of the molecule is C=CCOCC(COS(=O)(=O)c1ccc(C)cc1)OC(C)=O. The molecule has 0 spiro atoms. The summed E-state index contributed by atoms with van der Waals surface area (Å²) in [5.74, 6) is -0.538. The van der Waals surface area contributed by atoms with Crippen LogP contribution in [-0.2, 0) is 28.6 Å². The predicted molar refractivity (Wildman–Crippen MR) is 80.9 cm³/mol. The second-order valence-corrected chi connectivity index (χ2v) is 6.22. The number of esters is 1. The van der Waals surface area contributed by atoms with E-state index in [1.807, 2.05) is 6.92 Å². The molecule has 122 valence electrons. The van der Waals surface area contributed by atoms with E-state index in [1.165, 1.54) is 25.1 Å². The van der Waals surface area contributed by atoms with Gasteiger partial charge in [0.05, 0.1) is 18.1 Å². The number of benzene rings is 1. The third-order valence-electron chi connectivity index (χ3n) is 2.59.